The standard InChI is InChI=1S/C12H21F5/c1-6-9(2,3)7-10(4,5)8-11(13,14)12(15,16)17/h6-8H2,1-5H3. The molecule has 0 unspecified atom stereocenters. The van der Waals surface area contributed by atoms with Crippen LogP contribution < -0.4 is 0 Å². The molecule has 0 nitrogen and oxygen atoms in total. The molecule has 0 N–H and O–H groups in total. The zero-order chi connectivity index (χ0) is 14.1. The molecule has 0 spiro atoms. The van der Waals surface area contributed by atoms with Crippen LogP contribution in [0.5, 0.6) is 0 Å². The van der Waals surface area contributed by atoms with Gasteiger partial charge in [0.25, 0.3) is 0 Å². The van der Waals surface area contributed by atoms with E-state index in [0.29, 0.717) is 6.42 Å². The lowest BCUT2D eigenvalue weighted by atomic mass is 9.71. The molecule has 0 aliphatic rings. The number of hydrogen-bond acceptors (Lipinski definition) is 0. The number of rotatable bonds is 5. The largest absolute Gasteiger partial charge is 0.453 e. The minimum absolute atomic E-state index is 0.231. The van der Waals surface area contributed by atoms with E-state index < -0.39 is 23.9 Å². The summed E-state index contributed by atoms with van der Waals surface area (Å²) in [6.45, 7) is 8.58. The maximum Gasteiger partial charge on any atom is 0.453 e. The van der Waals surface area contributed by atoms with E-state index in [1.807, 2.05) is 20.8 Å². The molecule has 0 aromatic carbocycles. The van der Waals surface area contributed by atoms with Crippen molar-refractivity contribution in [1.82, 2.24) is 0 Å². The van der Waals surface area contributed by atoms with Gasteiger partial charge < -0.3 is 0 Å². The number of halogens is 5. The van der Waals surface area contributed by atoms with Gasteiger partial charge in [0, 0.05) is 6.42 Å². The van der Waals surface area contributed by atoms with Crippen molar-refractivity contribution in [3.05, 3.63) is 0 Å². The monoisotopic (exact) mass is 260 g/mol. The molecule has 0 rings (SSSR count). The second kappa shape index (κ2) is 4.73. The molecule has 0 aliphatic carbocycles. The Kier molecular flexibility index (Phi) is 4.63. The molecule has 0 amide bonds. The van der Waals surface area contributed by atoms with Crippen molar-refractivity contribution >= 4 is 0 Å². The van der Waals surface area contributed by atoms with Crippen LogP contribution in [0.15, 0.2) is 0 Å². The van der Waals surface area contributed by atoms with Crippen LogP contribution in [-0.4, -0.2) is 12.1 Å². The Hall–Kier alpha value is -0.350. The van der Waals surface area contributed by atoms with Crippen molar-refractivity contribution in [1.29, 1.82) is 0 Å². The Morgan fingerprint density at radius 1 is 0.706 bits per heavy atom. The summed E-state index contributed by atoms with van der Waals surface area (Å²) in [5, 5.41) is 0. The van der Waals surface area contributed by atoms with E-state index >= 15 is 0 Å². The van der Waals surface area contributed by atoms with Gasteiger partial charge in [-0.3, -0.25) is 0 Å². The van der Waals surface area contributed by atoms with Gasteiger partial charge in [-0.15, -0.1) is 0 Å². The molecule has 0 saturated carbocycles. The third kappa shape index (κ3) is 5.21. The summed E-state index contributed by atoms with van der Waals surface area (Å²) in [4.78, 5) is 0. The van der Waals surface area contributed by atoms with Gasteiger partial charge in [0.15, 0.2) is 0 Å². The SMILES string of the molecule is CCC(C)(C)CC(C)(C)CC(F)(F)C(F)(F)F. The van der Waals surface area contributed by atoms with E-state index in [2.05, 4.69) is 0 Å². The third-order valence-corrected chi connectivity index (χ3v) is 3.03. The van der Waals surface area contributed by atoms with E-state index in [0.717, 1.165) is 6.42 Å². The Balaban J connectivity index is 4.77. The van der Waals surface area contributed by atoms with Gasteiger partial charge in [-0.1, -0.05) is 41.0 Å². The van der Waals surface area contributed by atoms with Gasteiger partial charge in [-0.2, -0.15) is 22.0 Å². The lowest BCUT2D eigenvalue weighted by Gasteiger charge is -2.37. The summed E-state index contributed by atoms with van der Waals surface area (Å²) in [5.74, 6) is -4.61. The number of alkyl halides is 5. The molecule has 0 aliphatic heterocycles. The molecular weight excluding hydrogens is 239 g/mol. The highest BCUT2D eigenvalue weighted by molar-refractivity contribution is 4.87. The molecule has 17 heavy (non-hydrogen) atoms. The summed E-state index contributed by atoms with van der Waals surface area (Å²) in [5.41, 5.74) is -1.27. The summed E-state index contributed by atoms with van der Waals surface area (Å²) < 4.78 is 62.3. The van der Waals surface area contributed by atoms with Crippen LogP contribution in [0.2, 0.25) is 0 Å². The average Bonchev–Trinajstić information content (AvgIpc) is 1.97. The fraction of sp³-hybridized carbons (Fsp3) is 1.00. The Labute approximate surface area is 99.6 Å². The lowest BCUT2D eigenvalue weighted by molar-refractivity contribution is -0.292. The molecule has 0 bridgehead atoms. The van der Waals surface area contributed by atoms with E-state index in [4.69, 9.17) is 0 Å². The summed E-state index contributed by atoms with van der Waals surface area (Å²) in [7, 11) is 0. The molecule has 0 heterocycles. The summed E-state index contributed by atoms with van der Waals surface area (Å²) in [6, 6.07) is 0. The Morgan fingerprint density at radius 2 is 1.12 bits per heavy atom. The van der Waals surface area contributed by atoms with E-state index in [1.54, 1.807) is 0 Å². The van der Waals surface area contributed by atoms with Crippen molar-refractivity contribution in [3.63, 3.8) is 0 Å². The Bertz CT molecular complexity index is 250. The first-order valence-corrected chi connectivity index (χ1v) is 5.67. The molecule has 0 saturated heterocycles. The quantitative estimate of drug-likeness (QED) is 0.578. The van der Waals surface area contributed by atoms with Gasteiger partial charge in [0.2, 0.25) is 0 Å². The van der Waals surface area contributed by atoms with Crippen molar-refractivity contribution in [2.24, 2.45) is 10.8 Å². The van der Waals surface area contributed by atoms with Crippen LogP contribution in [0.3, 0.4) is 0 Å². The van der Waals surface area contributed by atoms with Gasteiger partial charge in [-0.25, -0.2) is 0 Å². The topological polar surface area (TPSA) is 0 Å². The minimum atomic E-state index is -5.46. The van der Waals surface area contributed by atoms with Crippen LogP contribution in [0.4, 0.5) is 22.0 Å². The average molecular weight is 260 g/mol. The first-order valence-electron chi connectivity index (χ1n) is 5.67. The van der Waals surface area contributed by atoms with E-state index in [9.17, 15) is 22.0 Å². The molecule has 0 fully saturated rings. The fourth-order valence-corrected chi connectivity index (χ4v) is 2.18. The lowest BCUT2D eigenvalue weighted by Crippen LogP contribution is -2.41. The smallest absolute Gasteiger partial charge is 0.196 e. The van der Waals surface area contributed by atoms with Crippen LogP contribution in [0, 0.1) is 10.8 Å². The summed E-state index contributed by atoms with van der Waals surface area (Å²) in [6.07, 6.45) is -5.54. The first kappa shape index (κ1) is 16.6. The maximum atomic E-state index is 13.0. The van der Waals surface area contributed by atoms with Gasteiger partial charge in [-0.05, 0) is 17.3 Å². The highest BCUT2D eigenvalue weighted by atomic mass is 19.4. The predicted octanol–water partition coefficient (Wildman–Crippen LogP) is 5.43. The zero-order valence-corrected chi connectivity index (χ0v) is 11.0. The van der Waals surface area contributed by atoms with E-state index in [-0.39, 0.29) is 5.41 Å². The molecule has 104 valence electrons. The molecule has 0 radical (unpaired) electrons. The molecule has 5 heteroatoms. The zero-order valence-electron chi connectivity index (χ0n) is 11.0. The highest BCUT2D eigenvalue weighted by Gasteiger charge is 2.59. The van der Waals surface area contributed by atoms with Crippen LogP contribution in [0.25, 0.3) is 0 Å². The first-order chi connectivity index (χ1) is 7.22. The van der Waals surface area contributed by atoms with Crippen LogP contribution in [0.1, 0.15) is 53.9 Å². The second-order valence-electron chi connectivity index (χ2n) is 6.24. The second-order valence-corrected chi connectivity index (χ2v) is 6.24. The molecular formula is C12H21F5. The van der Waals surface area contributed by atoms with Gasteiger partial charge in [0.05, 0.1) is 0 Å². The molecule has 0 aromatic rings. The normalized spacial score (nSPS) is 15.2. The van der Waals surface area contributed by atoms with Gasteiger partial charge >= 0.3 is 12.1 Å². The van der Waals surface area contributed by atoms with Crippen LogP contribution >= 0.6 is 0 Å². The summed E-state index contributed by atoms with van der Waals surface area (Å²) >= 11 is 0. The third-order valence-electron chi connectivity index (χ3n) is 3.03. The minimum Gasteiger partial charge on any atom is -0.196 e. The number of hydrogen-bond donors (Lipinski definition) is 0. The molecule has 0 aromatic heterocycles. The fourth-order valence-electron chi connectivity index (χ4n) is 2.18. The maximum absolute atomic E-state index is 13.0. The van der Waals surface area contributed by atoms with Crippen molar-refractivity contribution < 1.29 is 22.0 Å². The molecule has 0 atom stereocenters. The Morgan fingerprint density at radius 3 is 1.41 bits per heavy atom. The highest BCUT2D eigenvalue weighted by Crippen LogP contribution is 2.47. The predicted molar refractivity (Wildman–Crippen MR) is 58.1 cm³/mol. The van der Waals surface area contributed by atoms with Gasteiger partial charge in [0.1, 0.15) is 0 Å². The van der Waals surface area contributed by atoms with Crippen LogP contribution in [-0.2, 0) is 0 Å². The van der Waals surface area contributed by atoms with Crippen molar-refractivity contribution in [2.45, 2.75) is 66.0 Å². The van der Waals surface area contributed by atoms with Crippen molar-refractivity contribution in [2.75, 3.05) is 0 Å². The van der Waals surface area contributed by atoms with E-state index in [1.165, 1.54) is 13.8 Å². The van der Waals surface area contributed by atoms with Crippen molar-refractivity contribution in [3.8, 4) is 0 Å².